The number of rotatable bonds is 8. The first-order valence-electron chi connectivity index (χ1n) is 18.7. The maximum absolute atomic E-state index is 3.56. The Kier molecular flexibility index (Phi) is 8.64. The van der Waals surface area contributed by atoms with E-state index < -0.39 is 0 Å². The molecule has 0 spiro atoms. The van der Waals surface area contributed by atoms with Crippen molar-refractivity contribution in [2.24, 2.45) is 29.6 Å². The third-order valence-corrected chi connectivity index (χ3v) is 11.6. The molecule has 6 aliphatic carbocycles. The lowest BCUT2D eigenvalue weighted by Crippen LogP contribution is -2.34. The van der Waals surface area contributed by atoms with Crippen LogP contribution >= 0.6 is 0 Å². The van der Waals surface area contributed by atoms with Crippen molar-refractivity contribution in [1.29, 1.82) is 0 Å². The van der Waals surface area contributed by atoms with Crippen molar-refractivity contribution in [1.82, 2.24) is 9.80 Å². The number of likely N-dealkylation sites (tertiary alicyclic amines) is 1. The Labute approximate surface area is 289 Å². The first kappa shape index (κ1) is 31.1. The predicted molar refractivity (Wildman–Crippen MR) is 201 cm³/mol. The topological polar surface area (TPSA) is 6.48 Å². The van der Waals surface area contributed by atoms with Gasteiger partial charge in [0, 0.05) is 34.8 Å². The lowest BCUT2D eigenvalue weighted by molar-refractivity contribution is 0.292. The molecule has 0 aromatic rings. The van der Waals surface area contributed by atoms with E-state index in [1.165, 1.54) is 28.4 Å². The van der Waals surface area contributed by atoms with E-state index in [4.69, 9.17) is 0 Å². The highest BCUT2D eigenvalue weighted by atomic mass is 15.2. The molecule has 0 radical (unpaired) electrons. The Morgan fingerprint density at radius 2 is 1.79 bits per heavy atom. The summed E-state index contributed by atoms with van der Waals surface area (Å²) in [6.45, 7) is 7.20. The summed E-state index contributed by atoms with van der Waals surface area (Å²) in [5, 5.41) is 0. The minimum absolute atomic E-state index is 0.156. The fraction of sp³-hybridized carbons (Fsp3) is 0.391. The van der Waals surface area contributed by atoms with Gasteiger partial charge in [0.15, 0.2) is 0 Å². The number of allylic oxidation sites excluding steroid dienone is 18. The van der Waals surface area contributed by atoms with Crippen LogP contribution in [0, 0.1) is 41.4 Å². The van der Waals surface area contributed by atoms with Crippen LogP contribution in [0.5, 0.6) is 0 Å². The Morgan fingerprint density at radius 3 is 2.62 bits per heavy atom. The molecular formula is C46H50N2. The number of hydrogen-bond donors (Lipinski definition) is 0. The van der Waals surface area contributed by atoms with E-state index >= 15 is 0 Å². The largest absolute Gasteiger partial charge is 0.334 e. The van der Waals surface area contributed by atoms with Crippen LogP contribution in [0.2, 0.25) is 0 Å². The Balaban J connectivity index is 1.21. The van der Waals surface area contributed by atoms with E-state index in [2.05, 4.69) is 152 Å². The van der Waals surface area contributed by atoms with Gasteiger partial charge < -0.3 is 9.80 Å². The molecule has 0 saturated carbocycles. The van der Waals surface area contributed by atoms with Crippen molar-refractivity contribution in [2.45, 2.75) is 84.2 Å². The molecule has 1 saturated heterocycles. The van der Waals surface area contributed by atoms with Gasteiger partial charge in [0.2, 0.25) is 0 Å². The Bertz CT molecular complexity index is 1790. The molecule has 2 aliphatic heterocycles. The SMILES string of the molecule is CC/C=C\C(=C/CCC1C=CC=C1)N1C2=CCC3C(=C2C2C(C)CC=C[C@H]21)C1=C(C=CCC1C)N3C1=CC#CC(C2=CCCC=C2)C=C1. The van der Waals surface area contributed by atoms with Crippen molar-refractivity contribution in [3.63, 3.8) is 0 Å². The molecule has 0 aromatic carbocycles. The van der Waals surface area contributed by atoms with Gasteiger partial charge in [-0.15, -0.1) is 0 Å². The molecule has 48 heavy (non-hydrogen) atoms. The highest BCUT2D eigenvalue weighted by molar-refractivity contribution is 5.65. The summed E-state index contributed by atoms with van der Waals surface area (Å²) in [7, 11) is 0. The molecule has 6 atom stereocenters. The monoisotopic (exact) mass is 630 g/mol. The molecular weight excluding hydrogens is 581 g/mol. The van der Waals surface area contributed by atoms with Gasteiger partial charge in [-0.25, -0.2) is 0 Å². The molecule has 244 valence electrons. The minimum atomic E-state index is 0.156. The zero-order valence-corrected chi connectivity index (χ0v) is 29.0. The second-order valence-corrected chi connectivity index (χ2v) is 14.7. The summed E-state index contributed by atoms with van der Waals surface area (Å²) in [6, 6.07) is 0.661. The van der Waals surface area contributed by atoms with Crippen LogP contribution in [0.4, 0.5) is 0 Å². The van der Waals surface area contributed by atoms with Gasteiger partial charge in [0.1, 0.15) is 0 Å². The van der Waals surface area contributed by atoms with Crippen molar-refractivity contribution in [3.05, 3.63) is 154 Å². The van der Waals surface area contributed by atoms with Gasteiger partial charge >= 0.3 is 0 Å². The van der Waals surface area contributed by atoms with Crippen LogP contribution in [-0.2, 0) is 0 Å². The molecule has 0 N–H and O–H groups in total. The maximum atomic E-state index is 3.56. The summed E-state index contributed by atoms with van der Waals surface area (Å²) in [4.78, 5) is 5.40. The summed E-state index contributed by atoms with van der Waals surface area (Å²) in [5.74, 6) is 9.34. The van der Waals surface area contributed by atoms with Gasteiger partial charge in [-0.3, -0.25) is 0 Å². The van der Waals surface area contributed by atoms with Crippen LogP contribution in [0.3, 0.4) is 0 Å². The predicted octanol–water partition coefficient (Wildman–Crippen LogP) is 10.7. The van der Waals surface area contributed by atoms with Crippen molar-refractivity contribution >= 4 is 0 Å². The first-order chi connectivity index (χ1) is 23.6. The maximum Gasteiger partial charge on any atom is 0.0636 e. The molecule has 8 rings (SSSR count). The van der Waals surface area contributed by atoms with Gasteiger partial charge in [0.05, 0.1) is 18.0 Å². The number of hydrogen-bond acceptors (Lipinski definition) is 2. The van der Waals surface area contributed by atoms with Gasteiger partial charge in [0.25, 0.3) is 0 Å². The van der Waals surface area contributed by atoms with E-state index in [1.54, 1.807) is 16.7 Å². The second kappa shape index (κ2) is 13.4. The molecule has 1 fully saturated rings. The van der Waals surface area contributed by atoms with Crippen LogP contribution in [0.15, 0.2) is 154 Å². The molecule has 2 heteroatoms. The molecule has 8 aliphatic rings. The Morgan fingerprint density at radius 1 is 0.896 bits per heavy atom. The standard InChI is InChI=1S/C46H50N2/c1-4-5-23-37(24-13-19-34-17-9-10-18-34)47-39-26-11-15-32(2)43(39)45-41(47)30-31-42-46(45)44-33(3)16-12-27-40(44)48(42)38-25-14-22-36(28-29-38)35-20-7-6-8-21-35/h5,7,9-12,17-18,20-21,23-30,32-34,36,39,42-43H,4,6,8,13,15-16,19,31H2,1-3H3/b23-5-,37-24+/t32?,33?,36?,39-,42?,43?/m1/s1. The summed E-state index contributed by atoms with van der Waals surface area (Å²) < 4.78 is 0. The second-order valence-electron chi connectivity index (χ2n) is 14.7. The molecule has 0 bridgehead atoms. The molecule has 2 heterocycles. The summed E-state index contributed by atoms with van der Waals surface area (Å²) >= 11 is 0. The third-order valence-electron chi connectivity index (χ3n) is 11.6. The van der Waals surface area contributed by atoms with Crippen LogP contribution in [0.1, 0.15) is 72.1 Å². The average molecular weight is 631 g/mol. The number of fused-ring (bicyclic) bond motifs is 5. The molecule has 0 aromatic heterocycles. The van der Waals surface area contributed by atoms with E-state index in [1.807, 2.05) is 0 Å². The molecule has 0 amide bonds. The highest BCUT2D eigenvalue weighted by Crippen LogP contribution is 2.57. The number of nitrogens with zero attached hydrogens (tertiary/aromatic N) is 2. The van der Waals surface area contributed by atoms with Crippen molar-refractivity contribution in [3.8, 4) is 11.8 Å². The van der Waals surface area contributed by atoms with E-state index in [9.17, 15) is 0 Å². The van der Waals surface area contributed by atoms with Crippen molar-refractivity contribution in [2.75, 3.05) is 0 Å². The smallest absolute Gasteiger partial charge is 0.0636 e. The van der Waals surface area contributed by atoms with Crippen LogP contribution < -0.4 is 0 Å². The van der Waals surface area contributed by atoms with E-state index in [-0.39, 0.29) is 5.92 Å². The van der Waals surface area contributed by atoms with Gasteiger partial charge in [-0.05, 0) is 110 Å². The Hall–Kier alpha value is -4.22. The van der Waals surface area contributed by atoms with Crippen molar-refractivity contribution < 1.29 is 0 Å². The lowest BCUT2D eigenvalue weighted by atomic mass is 9.72. The quantitative estimate of drug-likeness (QED) is 0.150. The van der Waals surface area contributed by atoms with Crippen LogP contribution in [0.25, 0.3) is 0 Å². The van der Waals surface area contributed by atoms with Gasteiger partial charge in [-0.1, -0.05) is 118 Å². The summed E-state index contributed by atoms with van der Waals surface area (Å²) in [5.41, 5.74) is 11.7. The average Bonchev–Trinajstić information content (AvgIpc) is 3.78. The highest BCUT2D eigenvalue weighted by Gasteiger charge is 2.52. The first-order valence-corrected chi connectivity index (χ1v) is 18.7. The van der Waals surface area contributed by atoms with E-state index in [0.29, 0.717) is 35.8 Å². The third kappa shape index (κ3) is 5.46. The normalized spacial score (nSPS) is 31.9. The van der Waals surface area contributed by atoms with E-state index in [0.717, 1.165) is 51.4 Å². The lowest BCUT2D eigenvalue weighted by Gasteiger charge is -2.34. The fourth-order valence-electron chi connectivity index (χ4n) is 9.34. The summed E-state index contributed by atoms with van der Waals surface area (Å²) in [6.07, 6.45) is 51.4. The minimum Gasteiger partial charge on any atom is -0.334 e. The zero-order valence-electron chi connectivity index (χ0n) is 29.0. The molecule has 2 nitrogen and oxygen atoms in total. The van der Waals surface area contributed by atoms with Crippen LogP contribution in [-0.4, -0.2) is 21.9 Å². The zero-order chi connectivity index (χ0) is 32.6. The van der Waals surface area contributed by atoms with Gasteiger partial charge in [-0.2, -0.15) is 0 Å². The fourth-order valence-corrected chi connectivity index (χ4v) is 9.34. The molecule has 5 unspecified atom stereocenters.